The summed E-state index contributed by atoms with van der Waals surface area (Å²) < 4.78 is 46.2. The number of nitrogens with zero attached hydrogens (tertiary/aromatic N) is 6. The Kier molecular flexibility index (Phi) is 25.0. The lowest BCUT2D eigenvalue weighted by atomic mass is 10.2. The smallest absolute Gasteiger partial charge is 0.119 e. The molecule has 0 aliphatic carbocycles. The van der Waals surface area contributed by atoms with E-state index in [1.54, 1.807) is 14.2 Å². The van der Waals surface area contributed by atoms with Gasteiger partial charge in [-0.05, 0) is 276 Å². The van der Waals surface area contributed by atoms with Crippen LogP contribution < -0.4 is 37.9 Å². The summed E-state index contributed by atoms with van der Waals surface area (Å²) in [4.78, 5) is 9.29. The van der Waals surface area contributed by atoms with Crippen molar-refractivity contribution < 1.29 is 37.9 Å². The molecular weight excluding hydrogens is 1040 g/mol. The summed E-state index contributed by atoms with van der Waals surface area (Å²) in [5.41, 5.74) is 6.81. The molecule has 0 saturated carbocycles. The highest BCUT2D eigenvalue weighted by Gasteiger charge is 2.04. The van der Waals surface area contributed by atoms with Crippen molar-refractivity contribution in [3.8, 4) is 46.0 Å². The first-order valence-corrected chi connectivity index (χ1v) is 28.6. The Bertz CT molecular complexity index is 2970. The Morgan fingerprint density at radius 2 is 0.422 bits per heavy atom. The molecule has 0 fully saturated rings. The van der Waals surface area contributed by atoms with Gasteiger partial charge in [0.05, 0.1) is 88.0 Å². The van der Waals surface area contributed by atoms with Crippen LogP contribution in [0.25, 0.3) is 0 Å². The van der Waals surface area contributed by atoms with E-state index in [0.29, 0.717) is 39.6 Å². The lowest BCUT2D eigenvalue weighted by Gasteiger charge is -2.08. The molecule has 0 N–H and O–H groups in total. The van der Waals surface area contributed by atoms with Crippen LogP contribution in [0, 0.1) is 0 Å². The minimum atomic E-state index is 0.646. The first-order valence-electron chi connectivity index (χ1n) is 28.6. The molecule has 83 heavy (non-hydrogen) atoms. The average molecular weight is 1120 g/mol. The van der Waals surface area contributed by atoms with Crippen molar-refractivity contribution in [2.75, 3.05) is 53.9 Å². The predicted octanol–water partition coefficient (Wildman–Crippen LogP) is 18.7. The van der Waals surface area contributed by atoms with Crippen LogP contribution >= 0.6 is 0 Å². The Hall–Kier alpha value is -9.30. The van der Waals surface area contributed by atoms with E-state index < -0.39 is 0 Å². The summed E-state index contributed by atoms with van der Waals surface area (Å²) in [5, 5.41) is 17.1. The molecule has 14 heteroatoms. The van der Waals surface area contributed by atoms with Crippen molar-refractivity contribution in [2.45, 2.75) is 70.6 Å². The zero-order chi connectivity index (χ0) is 57.2. The van der Waals surface area contributed by atoms with Gasteiger partial charge < -0.3 is 37.9 Å². The van der Waals surface area contributed by atoms with Gasteiger partial charge in [-0.3, -0.25) is 9.98 Å². The van der Waals surface area contributed by atoms with E-state index in [9.17, 15) is 0 Å². The molecule has 0 saturated heterocycles. The standard InChI is InChI=1S/C69H74N6O8/c1-76-62-34-22-58(23-35-62)72-74-60-26-42-68(43-27-60)80-48-10-5-3-8-46-78-64-30-14-54(15-31-64)52-70-56-18-38-66(39-19-56)82-50-12-7-13-51-83-67-40-20-57(21-41-67)71-53-55-16-32-65(33-17-55)79-47-9-4-6-11-49-81-69-44-28-61(29-45-69)75-73-59-24-36-63(77-2)37-25-59/h14-45,52-53H,3-13,46-51H2,1-2H3. The first-order chi connectivity index (χ1) is 41.0. The number of unbranched alkanes of at least 4 members (excludes halogenated alkanes) is 8. The second-order valence-electron chi connectivity index (χ2n) is 19.4. The number of hydrogen-bond acceptors (Lipinski definition) is 14. The molecule has 0 atom stereocenters. The highest BCUT2D eigenvalue weighted by molar-refractivity contribution is 5.82. The first kappa shape index (κ1) is 59.8. The Morgan fingerprint density at radius 1 is 0.229 bits per heavy atom. The maximum Gasteiger partial charge on any atom is 0.119 e. The lowest BCUT2D eigenvalue weighted by molar-refractivity contribution is 0.279. The molecule has 0 bridgehead atoms. The summed E-state index contributed by atoms with van der Waals surface area (Å²) in [6.45, 7) is 3.99. The van der Waals surface area contributed by atoms with Gasteiger partial charge in [0.25, 0.3) is 0 Å². The molecule has 0 spiro atoms. The van der Waals surface area contributed by atoms with Gasteiger partial charge in [0.1, 0.15) is 46.0 Å². The minimum Gasteiger partial charge on any atom is -0.497 e. The Labute approximate surface area is 488 Å². The zero-order valence-corrected chi connectivity index (χ0v) is 47.6. The largest absolute Gasteiger partial charge is 0.497 e. The van der Waals surface area contributed by atoms with Gasteiger partial charge in [0.2, 0.25) is 0 Å². The number of hydrogen-bond donors (Lipinski definition) is 0. The summed E-state index contributed by atoms with van der Waals surface area (Å²) in [7, 11) is 3.28. The third-order valence-electron chi connectivity index (χ3n) is 13.0. The summed E-state index contributed by atoms with van der Waals surface area (Å²) >= 11 is 0. The Balaban J connectivity index is 0.593. The Morgan fingerprint density at radius 3 is 0.651 bits per heavy atom. The third-order valence-corrected chi connectivity index (χ3v) is 13.0. The lowest BCUT2D eigenvalue weighted by Crippen LogP contribution is -2.00. The van der Waals surface area contributed by atoms with E-state index in [-0.39, 0.29) is 0 Å². The second-order valence-corrected chi connectivity index (χ2v) is 19.4. The van der Waals surface area contributed by atoms with Gasteiger partial charge in [0, 0.05) is 12.4 Å². The number of aliphatic imine (C=N–C) groups is 2. The summed E-state index contributed by atoms with van der Waals surface area (Å²) in [5.74, 6) is 6.61. The predicted molar refractivity (Wildman–Crippen MR) is 331 cm³/mol. The third kappa shape index (κ3) is 22.6. The van der Waals surface area contributed by atoms with Crippen molar-refractivity contribution in [3.63, 3.8) is 0 Å². The molecule has 0 heterocycles. The fourth-order valence-electron chi connectivity index (χ4n) is 8.24. The number of azo groups is 2. The monoisotopic (exact) mass is 1110 g/mol. The molecule has 0 aromatic heterocycles. The maximum atomic E-state index is 5.99. The van der Waals surface area contributed by atoms with Crippen LogP contribution in [0.1, 0.15) is 81.8 Å². The molecule has 0 radical (unpaired) electrons. The molecule has 428 valence electrons. The van der Waals surface area contributed by atoms with Crippen LogP contribution in [-0.2, 0) is 0 Å². The van der Waals surface area contributed by atoms with Crippen molar-refractivity contribution in [2.24, 2.45) is 30.4 Å². The van der Waals surface area contributed by atoms with E-state index >= 15 is 0 Å². The number of methoxy groups -OCH3 is 2. The zero-order valence-electron chi connectivity index (χ0n) is 47.6. The van der Waals surface area contributed by atoms with Crippen molar-refractivity contribution in [3.05, 3.63) is 205 Å². The van der Waals surface area contributed by atoms with Crippen molar-refractivity contribution in [1.82, 2.24) is 0 Å². The van der Waals surface area contributed by atoms with Gasteiger partial charge in [-0.25, -0.2) is 0 Å². The van der Waals surface area contributed by atoms with Gasteiger partial charge in [0.15, 0.2) is 0 Å². The van der Waals surface area contributed by atoms with Gasteiger partial charge >= 0.3 is 0 Å². The van der Waals surface area contributed by atoms with E-state index in [0.717, 1.165) is 162 Å². The molecule has 8 rings (SSSR count). The van der Waals surface area contributed by atoms with Gasteiger partial charge in [-0.2, -0.15) is 20.5 Å². The molecular formula is C69H74N6O8. The normalized spacial score (nSPS) is 11.4. The molecule has 8 aromatic rings. The van der Waals surface area contributed by atoms with Crippen LogP contribution in [0.15, 0.2) is 225 Å². The molecule has 0 unspecified atom stereocenters. The summed E-state index contributed by atoms with van der Waals surface area (Å²) in [6, 6.07) is 62.0. The topological polar surface area (TPSA) is 148 Å². The van der Waals surface area contributed by atoms with Gasteiger partial charge in [-0.15, -0.1) is 0 Å². The number of ether oxygens (including phenoxy) is 8. The van der Waals surface area contributed by atoms with E-state index in [1.807, 2.05) is 207 Å². The molecule has 0 aliphatic heterocycles. The highest BCUT2D eigenvalue weighted by atomic mass is 16.5. The fraction of sp³-hybridized carbons (Fsp3) is 0.275. The minimum absolute atomic E-state index is 0.646. The number of rotatable bonds is 36. The quantitative estimate of drug-likeness (QED) is 0.0214. The highest BCUT2D eigenvalue weighted by Crippen LogP contribution is 2.27. The molecule has 0 aliphatic rings. The molecule has 14 nitrogen and oxygen atoms in total. The van der Waals surface area contributed by atoms with Gasteiger partial charge in [-0.1, -0.05) is 0 Å². The molecule has 8 aromatic carbocycles. The van der Waals surface area contributed by atoms with Crippen LogP contribution in [0.2, 0.25) is 0 Å². The van der Waals surface area contributed by atoms with E-state index in [1.165, 1.54) is 0 Å². The van der Waals surface area contributed by atoms with Crippen molar-refractivity contribution >= 4 is 46.6 Å². The number of benzene rings is 8. The SMILES string of the molecule is COc1ccc(N=Nc2ccc(OCCCCCCOc3ccc(C=Nc4ccc(OCCCCCOc5ccc(N=Cc6ccc(OCCCCCCOc7ccc(N=Nc8ccc(OC)cc8)cc7)cc6)cc5)cc4)cc3)cc2)cc1. The van der Waals surface area contributed by atoms with E-state index in [2.05, 4.69) is 30.4 Å². The van der Waals surface area contributed by atoms with Crippen LogP contribution in [-0.4, -0.2) is 66.3 Å². The van der Waals surface area contributed by atoms with Crippen molar-refractivity contribution in [1.29, 1.82) is 0 Å². The molecule has 0 amide bonds. The van der Waals surface area contributed by atoms with Crippen LogP contribution in [0.5, 0.6) is 46.0 Å². The fourth-order valence-corrected chi connectivity index (χ4v) is 8.24. The van der Waals surface area contributed by atoms with Crippen LogP contribution in [0.4, 0.5) is 34.1 Å². The summed E-state index contributed by atoms with van der Waals surface area (Å²) in [6.07, 6.45) is 14.9. The average Bonchev–Trinajstić information content (AvgIpc) is 3.56. The maximum absolute atomic E-state index is 5.99. The second kappa shape index (κ2) is 34.8. The van der Waals surface area contributed by atoms with E-state index in [4.69, 9.17) is 37.9 Å². The van der Waals surface area contributed by atoms with Crippen LogP contribution in [0.3, 0.4) is 0 Å².